The maximum absolute atomic E-state index is 4.29. The van der Waals surface area contributed by atoms with Gasteiger partial charge in [0.05, 0.1) is 11.0 Å². The fraction of sp³-hybridized carbons (Fsp3) is 0.100. The predicted molar refractivity (Wildman–Crippen MR) is 218 cm³/mol. The number of hydrogen-bond acceptors (Lipinski definition) is 1. The van der Waals surface area contributed by atoms with Gasteiger partial charge in [0.25, 0.3) is 0 Å². The Bertz CT molecular complexity index is 2650. The van der Waals surface area contributed by atoms with E-state index in [0.29, 0.717) is 5.92 Å². The van der Waals surface area contributed by atoms with Crippen molar-refractivity contribution >= 4 is 27.5 Å². The Morgan fingerprint density at radius 1 is 0.558 bits per heavy atom. The lowest BCUT2D eigenvalue weighted by atomic mass is 9.80. The van der Waals surface area contributed by atoms with E-state index in [-0.39, 0.29) is 5.41 Å². The van der Waals surface area contributed by atoms with Gasteiger partial charge in [-0.15, -0.1) is 0 Å². The second-order valence-electron chi connectivity index (χ2n) is 14.8. The molecule has 2 aromatic heterocycles. The lowest BCUT2D eigenvalue weighted by Crippen LogP contribution is -2.15. The number of fused-ring (bicyclic) bond motifs is 6. The molecule has 0 aliphatic heterocycles. The average molecular weight is 667 g/mol. The van der Waals surface area contributed by atoms with E-state index in [1.165, 1.54) is 83.1 Å². The molecule has 0 amide bonds. The molecular formula is C50H38N2. The zero-order valence-corrected chi connectivity index (χ0v) is 29.4. The number of rotatable bonds is 5. The molecule has 248 valence electrons. The van der Waals surface area contributed by atoms with Crippen LogP contribution in [0.5, 0.6) is 0 Å². The molecule has 2 nitrogen and oxygen atoms in total. The maximum Gasteiger partial charge on any atom is 0.0540 e. The van der Waals surface area contributed by atoms with Crippen LogP contribution in [0.4, 0.5) is 0 Å². The Kier molecular flexibility index (Phi) is 7.01. The van der Waals surface area contributed by atoms with E-state index in [2.05, 4.69) is 181 Å². The minimum atomic E-state index is -0.102. The third-order valence-electron chi connectivity index (χ3n) is 11.5. The van der Waals surface area contributed by atoms with Gasteiger partial charge in [0, 0.05) is 40.2 Å². The first-order valence-electron chi connectivity index (χ1n) is 18.3. The van der Waals surface area contributed by atoms with Crippen LogP contribution in [-0.4, -0.2) is 9.55 Å². The first-order chi connectivity index (χ1) is 25.5. The monoisotopic (exact) mass is 666 g/mol. The summed E-state index contributed by atoms with van der Waals surface area (Å²) >= 11 is 0. The molecule has 2 aliphatic carbocycles. The van der Waals surface area contributed by atoms with Gasteiger partial charge in [0.2, 0.25) is 0 Å². The Morgan fingerprint density at radius 2 is 1.10 bits per heavy atom. The van der Waals surface area contributed by atoms with Gasteiger partial charge in [-0.25, -0.2) is 0 Å². The molecule has 0 saturated heterocycles. The average Bonchev–Trinajstić information content (AvgIpc) is 3.66. The number of aromatic nitrogens is 2. The van der Waals surface area contributed by atoms with Crippen LogP contribution >= 0.6 is 0 Å². The second kappa shape index (κ2) is 11.9. The summed E-state index contributed by atoms with van der Waals surface area (Å²) in [5, 5.41) is 2.60. The summed E-state index contributed by atoms with van der Waals surface area (Å²) in [5.74, 6) is 0.322. The molecule has 0 bridgehead atoms. The van der Waals surface area contributed by atoms with Crippen molar-refractivity contribution in [2.24, 2.45) is 0 Å². The van der Waals surface area contributed by atoms with Crippen molar-refractivity contribution in [3.05, 3.63) is 193 Å². The first kappa shape index (κ1) is 30.6. The quantitative estimate of drug-likeness (QED) is 0.179. The molecular weight excluding hydrogens is 629 g/mol. The van der Waals surface area contributed by atoms with E-state index in [4.69, 9.17) is 0 Å². The lowest BCUT2D eigenvalue weighted by molar-refractivity contribution is 0.661. The largest absolute Gasteiger partial charge is 0.310 e. The van der Waals surface area contributed by atoms with Gasteiger partial charge < -0.3 is 4.57 Å². The Balaban J connectivity index is 0.930. The van der Waals surface area contributed by atoms with E-state index in [1.807, 2.05) is 18.5 Å². The van der Waals surface area contributed by atoms with E-state index < -0.39 is 0 Å². The van der Waals surface area contributed by atoms with Crippen LogP contribution in [0, 0.1) is 0 Å². The summed E-state index contributed by atoms with van der Waals surface area (Å²) in [6.07, 6.45) is 11.8. The van der Waals surface area contributed by atoms with Crippen molar-refractivity contribution in [1.82, 2.24) is 9.55 Å². The van der Waals surface area contributed by atoms with Gasteiger partial charge in [0.1, 0.15) is 0 Å². The van der Waals surface area contributed by atoms with Crippen molar-refractivity contribution in [2.75, 3.05) is 0 Å². The molecule has 0 fully saturated rings. The van der Waals surface area contributed by atoms with Crippen LogP contribution in [0.3, 0.4) is 0 Å². The van der Waals surface area contributed by atoms with Crippen LogP contribution in [0.25, 0.3) is 72.0 Å². The molecule has 1 atom stereocenters. The van der Waals surface area contributed by atoms with Crippen LogP contribution in [0.15, 0.2) is 176 Å². The second-order valence-corrected chi connectivity index (χ2v) is 14.8. The number of pyridine rings is 1. The molecule has 1 unspecified atom stereocenters. The van der Waals surface area contributed by atoms with Gasteiger partial charge >= 0.3 is 0 Å². The smallest absolute Gasteiger partial charge is 0.0540 e. The summed E-state index contributed by atoms with van der Waals surface area (Å²) in [4.78, 5) is 4.29. The molecule has 0 radical (unpaired) electrons. The SMILES string of the molecule is CC1(C)c2cc(-c3ccc(-c4cccnc4)cc3)ccc2-c2ccc(-c3ccc(C4C=C(n5c6ccccc6c6ccccc65)C=CC4)cc3)cc21. The number of allylic oxidation sites excluding steroid dienone is 4. The van der Waals surface area contributed by atoms with Gasteiger partial charge in [-0.3, -0.25) is 4.98 Å². The highest BCUT2D eigenvalue weighted by molar-refractivity contribution is 6.10. The predicted octanol–water partition coefficient (Wildman–Crippen LogP) is 13.1. The molecule has 2 heteroatoms. The standard InChI is InChI=1S/C50H38N2/c1-50(2)46-30-38(24-26-42(46)43-27-25-39(31-47(43)50)35-20-22-36(23-21-35)40-10-8-28-51-32-40)34-18-16-33(17-19-34)37-9-7-11-41(29-37)52-48-14-5-3-12-44(48)45-13-4-6-15-49(45)52/h3-8,10-32,37H,9H2,1-2H3. The molecule has 0 N–H and O–H groups in total. The van der Waals surface area contributed by atoms with E-state index >= 15 is 0 Å². The summed E-state index contributed by atoms with van der Waals surface area (Å²) < 4.78 is 2.43. The summed E-state index contributed by atoms with van der Waals surface area (Å²) in [5.41, 5.74) is 17.8. The molecule has 52 heavy (non-hydrogen) atoms. The highest BCUT2D eigenvalue weighted by Crippen LogP contribution is 2.51. The van der Waals surface area contributed by atoms with Crippen molar-refractivity contribution in [3.63, 3.8) is 0 Å². The van der Waals surface area contributed by atoms with E-state index in [9.17, 15) is 0 Å². The highest BCUT2D eigenvalue weighted by atomic mass is 15.0. The van der Waals surface area contributed by atoms with Crippen molar-refractivity contribution in [3.8, 4) is 44.5 Å². The van der Waals surface area contributed by atoms with E-state index in [1.54, 1.807) is 0 Å². The Labute approximate surface area is 305 Å². The minimum Gasteiger partial charge on any atom is -0.310 e. The van der Waals surface area contributed by atoms with Crippen LogP contribution < -0.4 is 0 Å². The molecule has 8 aromatic rings. The zero-order chi connectivity index (χ0) is 34.8. The normalized spacial score (nSPS) is 15.8. The van der Waals surface area contributed by atoms with Gasteiger partial charge in [-0.05, 0) is 104 Å². The summed E-state index contributed by atoms with van der Waals surface area (Å²) in [6.45, 7) is 4.75. The van der Waals surface area contributed by atoms with Crippen molar-refractivity contribution < 1.29 is 0 Å². The molecule has 2 heterocycles. The minimum absolute atomic E-state index is 0.102. The van der Waals surface area contributed by atoms with Crippen molar-refractivity contribution in [2.45, 2.75) is 31.6 Å². The molecule has 10 rings (SSSR count). The molecule has 0 saturated carbocycles. The zero-order valence-electron chi connectivity index (χ0n) is 29.4. The summed E-state index contributed by atoms with van der Waals surface area (Å²) in [6, 6.07) is 53.8. The van der Waals surface area contributed by atoms with Crippen LogP contribution in [0.1, 0.15) is 42.9 Å². The summed E-state index contributed by atoms with van der Waals surface area (Å²) in [7, 11) is 0. The topological polar surface area (TPSA) is 17.8 Å². The third kappa shape index (κ3) is 4.90. The van der Waals surface area contributed by atoms with Gasteiger partial charge in [-0.2, -0.15) is 0 Å². The Hall–Kier alpha value is -6.25. The lowest BCUT2D eigenvalue weighted by Gasteiger charge is -2.23. The number of para-hydroxylation sites is 2. The fourth-order valence-corrected chi connectivity index (χ4v) is 8.66. The van der Waals surface area contributed by atoms with Crippen LogP contribution in [-0.2, 0) is 5.41 Å². The van der Waals surface area contributed by atoms with Gasteiger partial charge in [0.15, 0.2) is 0 Å². The molecule has 6 aromatic carbocycles. The molecule has 2 aliphatic rings. The highest BCUT2D eigenvalue weighted by Gasteiger charge is 2.36. The number of benzene rings is 6. The third-order valence-corrected chi connectivity index (χ3v) is 11.5. The number of nitrogens with zero attached hydrogens (tertiary/aromatic N) is 2. The fourth-order valence-electron chi connectivity index (χ4n) is 8.66. The maximum atomic E-state index is 4.29. The van der Waals surface area contributed by atoms with Crippen LogP contribution in [0.2, 0.25) is 0 Å². The Morgan fingerprint density at radius 3 is 1.67 bits per heavy atom. The van der Waals surface area contributed by atoms with E-state index in [0.717, 1.165) is 12.0 Å². The van der Waals surface area contributed by atoms with Gasteiger partial charge in [-0.1, -0.05) is 141 Å². The first-order valence-corrected chi connectivity index (χ1v) is 18.3. The van der Waals surface area contributed by atoms with Crippen molar-refractivity contribution in [1.29, 1.82) is 0 Å². The number of hydrogen-bond donors (Lipinski definition) is 0. The molecule has 0 spiro atoms.